The quantitative estimate of drug-likeness (QED) is 0.276. The number of ether oxygens (including phenoxy) is 3. The van der Waals surface area contributed by atoms with Crippen LogP contribution in [-0.2, 0) is 15.9 Å². The minimum absolute atomic E-state index is 0.0166. The van der Waals surface area contributed by atoms with Gasteiger partial charge in [0.15, 0.2) is 23.9 Å². The number of hydrogen-bond acceptors (Lipinski definition) is 11. The first-order valence-corrected chi connectivity index (χ1v) is 9.89. The molecule has 0 unspecified atom stereocenters. The topological polar surface area (TPSA) is 190 Å². The van der Waals surface area contributed by atoms with Gasteiger partial charge in [0.05, 0.1) is 6.61 Å². The van der Waals surface area contributed by atoms with Gasteiger partial charge in [-0.15, -0.1) is 0 Å². The first-order valence-electron chi connectivity index (χ1n) is 9.89. The average molecular weight is 452 g/mol. The van der Waals surface area contributed by atoms with E-state index in [0.29, 0.717) is 11.1 Å². The summed E-state index contributed by atoms with van der Waals surface area (Å²) in [5.41, 5.74) is 0.667. The van der Waals surface area contributed by atoms with E-state index < -0.39 is 55.3 Å². The van der Waals surface area contributed by atoms with Gasteiger partial charge in [-0.25, -0.2) is 0 Å². The van der Waals surface area contributed by atoms with Crippen molar-refractivity contribution < 1.29 is 55.1 Å². The summed E-state index contributed by atoms with van der Waals surface area (Å²) in [6.07, 6.45) is -9.41. The molecule has 32 heavy (non-hydrogen) atoms. The number of rotatable bonds is 4. The summed E-state index contributed by atoms with van der Waals surface area (Å²) in [4.78, 5) is 0. The van der Waals surface area contributed by atoms with Crippen LogP contribution >= 0.6 is 0 Å². The second kappa shape index (κ2) is 8.62. The van der Waals surface area contributed by atoms with Gasteiger partial charge in [0.25, 0.3) is 0 Å². The molecule has 4 rings (SSSR count). The molecule has 1 saturated heterocycles. The van der Waals surface area contributed by atoms with E-state index in [9.17, 15) is 40.9 Å². The van der Waals surface area contributed by atoms with Crippen LogP contribution in [0.15, 0.2) is 30.3 Å². The Morgan fingerprint density at radius 2 is 1.62 bits per heavy atom. The van der Waals surface area contributed by atoms with Crippen LogP contribution in [0.5, 0.6) is 28.7 Å². The molecule has 174 valence electrons. The minimum Gasteiger partial charge on any atom is -0.508 e. The third kappa shape index (κ3) is 4.01. The van der Waals surface area contributed by atoms with Gasteiger partial charge in [-0.2, -0.15) is 0 Å². The van der Waals surface area contributed by atoms with Gasteiger partial charge >= 0.3 is 0 Å². The Hall–Kier alpha value is -2.80. The van der Waals surface area contributed by atoms with Crippen LogP contribution in [0.3, 0.4) is 0 Å². The fraction of sp³-hybridized carbons (Fsp3) is 0.429. The second-order valence-electron chi connectivity index (χ2n) is 7.80. The lowest BCUT2D eigenvalue weighted by Crippen LogP contribution is -2.60. The largest absolute Gasteiger partial charge is 0.508 e. The zero-order chi connectivity index (χ0) is 23.2. The lowest BCUT2D eigenvalue weighted by Gasteiger charge is -2.43. The van der Waals surface area contributed by atoms with Crippen molar-refractivity contribution in [3.05, 3.63) is 41.5 Å². The van der Waals surface area contributed by atoms with Crippen LogP contribution in [0.1, 0.15) is 17.2 Å². The summed E-state index contributed by atoms with van der Waals surface area (Å²) in [5, 5.41) is 79.4. The van der Waals surface area contributed by atoms with Crippen LogP contribution in [0.4, 0.5) is 0 Å². The molecule has 0 amide bonds. The SMILES string of the molecule is OC[C@H]1O[C@@H](O[C@@H]2Cc3c(O)cc(O)cc3O[C@@H]2c2ccc(O)c(O)c2)[C@H](O)[C@H](O)[C@@H]1O. The molecule has 1 fully saturated rings. The highest BCUT2D eigenvalue weighted by atomic mass is 16.7. The van der Waals surface area contributed by atoms with E-state index >= 15 is 0 Å². The Balaban J connectivity index is 1.68. The summed E-state index contributed by atoms with van der Waals surface area (Å²) in [7, 11) is 0. The summed E-state index contributed by atoms with van der Waals surface area (Å²) < 4.78 is 17.2. The van der Waals surface area contributed by atoms with E-state index in [1.165, 1.54) is 24.3 Å². The molecule has 2 aromatic carbocycles. The molecule has 11 nitrogen and oxygen atoms in total. The van der Waals surface area contributed by atoms with Crippen molar-refractivity contribution in [2.45, 2.75) is 49.3 Å². The number of aromatic hydroxyl groups is 4. The maximum Gasteiger partial charge on any atom is 0.187 e. The normalized spacial score (nSPS) is 32.2. The predicted octanol–water partition coefficient (Wildman–Crippen LogP) is -0.630. The molecule has 2 aliphatic heterocycles. The van der Waals surface area contributed by atoms with E-state index in [0.717, 1.165) is 6.07 Å². The van der Waals surface area contributed by atoms with E-state index in [-0.39, 0.29) is 29.4 Å². The number of aliphatic hydroxyl groups excluding tert-OH is 4. The van der Waals surface area contributed by atoms with E-state index in [1.807, 2.05) is 0 Å². The monoisotopic (exact) mass is 452 g/mol. The summed E-state index contributed by atoms with van der Waals surface area (Å²) in [5.74, 6) is -1.10. The average Bonchev–Trinajstić information content (AvgIpc) is 2.76. The number of phenolic OH excluding ortho intramolecular Hbond substituents is 4. The lowest BCUT2D eigenvalue weighted by molar-refractivity contribution is -0.317. The van der Waals surface area contributed by atoms with Gasteiger partial charge in [-0.1, -0.05) is 6.07 Å². The molecule has 0 bridgehead atoms. The van der Waals surface area contributed by atoms with Crippen LogP contribution in [0, 0.1) is 0 Å². The number of aliphatic hydroxyl groups is 4. The molecule has 7 atom stereocenters. The fourth-order valence-electron chi connectivity index (χ4n) is 3.92. The molecule has 2 aliphatic rings. The molecule has 0 spiro atoms. The molecule has 8 N–H and O–H groups in total. The Morgan fingerprint density at radius 1 is 0.875 bits per heavy atom. The Labute approximate surface area is 181 Å². The summed E-state index contributed by atoms with van der Waals surface area (Å²) >= 11 is 0. The van der Waals surface area contributed by atoms with Crippen molar-refractivity contribution >= 4 is 0 Å². The highest BCUT2D eigenvalue weighted by Gasteiger charge is 2.46. The highest BCUT2D eigenvalue weighted by molar-refractivity contribution is 5.52. The lowest BCUT2D eigenvalue weighted by atomic mass is 9.93. The van der Waals surface area contributed by atoms with Crippen molar-refractivity contribution in [3.63, 3.8) is 0 Å². The second-order valence-corrected chi connectivity index (χ2v) is 7.80. The molecular weight excluding hydrogens is 428 g/mol. The molecule has 0 aliphatic carbocycles. The summed E-state index contributed by atoms with van der Waals surface area (Å²) in [6, 6.07) is 6.38. The van der Waals surface area contributed by atoms with Crippen molar-refractivity contribution in [3.8, 4) is 28.7 Å². The Kier molecular flexibility index (Phi) is 6.03. The van der Waals surface area contributed by atoms with Crippen molar-refractivity contribution in [1.82, 2.24) is 0 Å². The third-order valence-electron chi connectivity index (χ3n) is 5.65. The smallest absolute Gasteiger partial charge is 0.187 e. The fourth-order valence-corrected chi connectivity index (χ4v) is 3.92. The molecular formula is C21H24O11. The van der Waals surface area contributed by atoms with Gasteiger partial charge in [0.1, 0.15) is 47.8 Å². The molecule has 0 aromatic heterocycles. The van der Waals surface area contributed by atoms with Crippen molar-refractivity contribution in [2.75, 3.05) is 6.61 Å². The number of benzene rings is 2. The van der Waals surface area contributed by atoms with E-state index in [2.05, 4.69) is 0 Å². The van der Waals surface area contributed by atoms with Gasteiger partial charge in [-0.05, 0) is 17.7 Å². The van der Waals surface area contributed by atoms with Gasteiger partial charge in [0.2, 0.25) is 0 Å². The highest BCUT2D eigenvalue weighted by Crippen LogP contribution is 2.44. The first kappa shape index (κ1) is 22.4. The first-order chi connectivity index (χ1) is 15.2. The van der Waals surface area contributed by atoms with Crippen molar-refractivity contribution in [1.29, 1.82) is 0 Å². The molecule has 11 heteroatoms. The van der Waals surface area contributed by atoms with Crippen molar-refractivity contribution in [2.24, 2.45) is 0 Å². The van der Waals surface area contributed by atoms with E-state index in [1.54, 1.807) is 0 Å². The van der Waals surface area contributed by atoms with Gasteiger partial charge in [0, 0.05) is 24.1 Å². The minimum atomic E-state index is -1.66. The van der Waals surface area contributed by atoms with Crippen LogP contribution in [0.25, 0.3) is 0 Å². The number of hydrogen-bond donors (Lipinski definition) is 8. The Morgan fingerprint density at radius 3 is 2.31 bits per heavy atom. The number of fused-ring (bicyclic) bond motifs is 1. The van der Waals surface area contributed by atoms with Crippen LogP contribution < -0.4 is 4.74 Å². The van der Waals surface area contributed by atoms with Crippen LogP contribution in [-0.4, -0.2) is 84.3 Å². The predicted molar refractivity (Wildman–Crippen MR) is 105 cm³/mol. The maximum atomic E-state index is 10.3. The maximum absolute atomic E-state index is 10.3. The third-order valence-corrected chi connectivity index (χ3v) is 5.65. The molecule has 0 radical (unpaired) electrons. The van der Waals surface area contributed by atoms with Crippen LogP contribution in [0.2, 0.25) is 0 Å². The van der Waals surface area contributed by atoms with E-state index in [4.69, 9.17) is 14.2 Å². The van der Waals surface area contributed by atoms with Gasteiger partial charge < -0.3 is 55.1 Å². The summed E-state index contributed by atoms with van der Waals surface area (Å²) in [6.45, 7) is -0.635. The zero-order valence-electron chi connectivity index (χ0n) is 16.6. The molecule has 2 aromatic rings. The molecule has 0 saturated carbocycles. The Bertz CT molecular complexity index is 978. The zero-order valence-corrected chi connectivity index (χ0v) is 16.6. The van der Waals surface area contributed by atoms with Gasteiger partial charge in [-0.3, -0.25) is 0 Å². The number of phenols is 4. The molecule has 2 heterocycles. The standard InChI is InChI=1S/C21H24O11/c22-7-16-17(27)18(28)19(29)21(32-16)31-15-6-10-12(25)4-9(23)5-14(10)30-20(15)8-1-2-11(24)13(26)3-8/h1-5,15-29H,6-7H2/t15-,16-,17-,18-,19-,20-,21-/m1/s1.